The summed E-state index contributed by atoms with van der Waals surface area (Å²) >= 11 is 0. The van der Waals surface area contributed by atoms with E-state index in [0.717, 1.165) is 29.7 Å². The van der Waals surface area contributed by atoms with Crippen molar-refractivity contribution in [3.8, 4) is 6.07 Å². The number of aromatic nitrogens is 2. The number of hydrogen-bond donors (Lipinski definition) is 0. The van der Waals surface area contributed by atoms with Crippen LogP contribution < -0.4 is 0 Å². The first-order valence-corrected chi connectivity index (χ1v) is 7.19. The number of aryl methyl sites for hydroxylation is 1. The maximum Gasteiger partial charge on any atom is 0.113 e. The normalized spacial score (nSPS) is 14.3. The van der Waals surface area contributed by atoms with Gasteiger partial charge in [-0.15, -0.1) is 0 Å². The Balaban J connectivity index is 1.79. The summed E-state index contributed by atoms with van der Waals surface area (Å²) in [6, 6.07) is 16.5. The first kappa shape index (κ1) is 12.2. The molecule has 1 aromatic heterocycles. The number of rotatable bonds is 1. The van der Waals surface area contributed by atoms with Crippen molar-refractivity contribution in [2.75, 3.05) is 0 Å². The van der Waals surface area contributed by atoms with E-state index in [1.165, 1.54) is 11.1 Å². The quantitative estimate of drug-likeness (QED) is 0.682. The zero-order valence-electron chi connectivity index (χ0n) is 11.9. The van der Waals surface area contributed by atoms with Crippen LogP contribution in [0.15, 0.2) is 42.5 Å². The fourth-order valence-electron chi connectivity index (χ4n) is 3.38. The second kappa shape index (κ2) is 4.46. The summed E-state index contributed by atoms with van der Waals surface area (Å²) < 4.78 is 2.15. The van der Waals surface area contributed by atoms with Crippen LogP contribution in [0.2, 0.25) is 0 Å². The third kappa shape index (κ3) is 1.84. The van der Waals surface area contributed by atoms with E-state index in [2.05, 4.69) is 41.9 Å². The molecule has 3 heteroatoms. The fraction of sp³-hybridized carbons (Fsp3) is 0.222. The second-order valence-corrected chi connectivity index (χ2v) is 5.72. The molecule has 0 bridgehead atoms. The molecule has 2 aromatic carbocycles. The van der Waals surface area contributed by atoms with Crippen LogP contribution in [0.1, 0.15) is 28.4 Å². The average molecular weight is 273 g/mol. The molecule has 0 saturated carbocycles. The molecule has 0 spiro atoms. The van der Waals surface area contributed by atoms with Crippen molar-refractivity contribution in [2.24, 2.45) is 7.05 Å². The van der Waals surface area contributed by atoms with Crippen molar-refractivity contribution in [3.63, 3.8) is 0 Å². The molecule has 0 radical (unpaired) electrons. The zero-order valence-corrected chi connectivity index (χ0v) is 11.9. The molecule has 0 amide bonds. The van der Waals surface area contributed by atoms with E-state index in [1.807, 2.05) is 18.2 Å². The molecule has 1 aliphatic rings. The minimum Gasteiger partial charge on any atom is -0.331 e. The van der Waals surface area contributed by atoms with Crippen LogP contribution in [0, 0.1) is 11.3 Å². The highest BCUT2D eigenvalue weighted by Gasteiger charge is 2.26. The molecule has 0 fully saturated rings. The summed E-state index contributed by atoms with van der Waals surface area (Å²) in [7, 11) is 2.05. The number of imidazole rings is 1. The molecule has 0 N–H and O–H groups in total. The van der Waals surface area contributed by atoms with Crippen LogP contribution in [-0.2, 0) is 19.9 Å². The Morgan fingerprint density at radius 1 is 1.14 bits per heavy atom. The number of nitriles is 1. The Kier molecular flexibility index (Phi) is 2.58. The van der Waals surface area contributed by atoms with E-state index >= 15 is 0 Å². The zero-order chi connectivity index (χ0) is 14.4. The van der Waals surface area contributed by atoms with E-state index in [9.17, 15) is 0 Å². The van der Waals surface area contributed by atoms with Crippen molar-refractivity contribution >= 4 is 11.0 Å². The molecule has 21 heavy (non-hydrogen) atoms. The van der Waals surface area contributed by atoms with Gasteiger partial charge in [-0.2, -0.15) is 5.26 Å². The van der Waals surface area contributed by atoms with Gasteiger partial charge in [0.1, 0.15) is 5.82 Å². The highest BCUT2D eigenvalue weighted by atomic mass is 15.1. The van der Waals surface area contributed by atoms with Gasteiger partial charge in [0.05, 0.1) is 22.7 Å². The van der Waals surface area contributed by atoms with Gasteiger partial charge < -0.3 is 4.57 Å². The molecule has 3 aromatic rings. The monoisotopic (exact) mass is 273 g/mol. The molecular formula is C18H15N3. The smallest absolute Gasteiger partial charge is 0.113 e. The Labute approximate surface area is 123 Å². The number of hydrogen-bond acceptors (Lipinski definition) is 2. The predicted molar refractivity (Wildman–Crippen MR) is 82.0 cm³/mol. The number of benzene rings is 2. The maximum atomic E-state index is 9.04. The molecule has 0 unspecified atom stereocenters. The third-order valence-electron chi connectivity index (χ3n) is 4.46. The summed E-state index contributed by atoms with van der Waals surface area (Å²) in [6.07, 6.45) is 2.11. The first-order chi connectivity index (χ1) is 10.3. The minimum absolute atomic E-state index is 0.435. The molecule has 3 nitrogen and oxygen atoms in total. The van der Waals surface area contributed by atoms with E-state index in [4.69, 9.17) is 10.2 Å². The Hall–Kier alpha value is -2.60. The third-order valence-corrected chi connectivity index (χ3v) is 4.46. The summed E-state index contributed by atoms with van der Waals surface area (Å²) in [6.45, 7) is 0. The highest BCUT2D eigenvalue weighted by molar-refractivity contribution is 5.77. The molecular weight excluding hydrogens is 258 g/mol. The minimum atomic E-state index is 0.435. The van der Waals surface area contributed by atoms with Crippen LogP contribution in [0.25, 0.3) is 11.0 Å². The molecule has 0 saturated heterocycles. The van der Waals surface area contributed by atoms with Crippen LogP contribution in [0.4, 0.5) is 0 Å². The van der Waals surface area contributed by atoms with Crippen LogP contribution in [0.3, 0.4) is 0 Å². The molecule has 0 atom stereocenters. The number of fused-ring (bicyclic) bond motifs is 2. The van der Waals surface area contributed by atoms with Crippen molar-refractivity contribution in [1.29, 1.82) is 5.26 Å². The maximum absolute atomic E-state index is 9.04. The summed E-state index contributed by atoms with van der Waals surface area (Å²) in [4.78, 5) is 4.81. The van der Waals surface area contributed by atoms with Crippen molar-refractivity contribution in [2.45, 2.75) is 18.8 Å². The summed E-state index contributed by atoms with van der Waals surface area (Å²) in [5.41, 5.74) is 5.58. The fourth-order valence-corrected chi connectivity index (χ4v) is 3.38. The highest BCUT2D eigenvalue weighted by Crippen LogP contribution is 2.34. The lowest BCUT2D eigenvalue weighted by Crippen LogP contribution is -2.06. The standard InChI is InChI=1S/C18H15N3/c1-21-17-8-12(11-19)6-7-16(17)20-18(21)15-9-13-4-2-3-5-14(13)10-15/h2-8,15H,9-10H2,1H3. The van der Waals surface area contributed by atoms with Crippen molar-refractivity contribution in [1.82, 2.24) is 9.55 Å². The lowest BCUT2D eigenvalue weighted by atomic mass is 10.1. The van der Waals surface area contributed by atoms with Crippen LogP contribution in [0.5, 0.6) is 0 Å². The SMILES string of the molecule is Cn1c(C2Cc3ccccc3C2)nc2ccc(C#N)cc21. The lowest BCUT2D eigenvalue weighted by molar-refractivity contribution is 0.651. The first-order valence-electron chi connectivity index (χ1n) is 7.19. The van der Waals surface area contributed by atoms with Crippen LogP contribution in [-0.4, -0.2) is 9.55 Å². The Morgan fingerprint density at radius 2 is 1.86 bits per heavy atom. The van der Waals surface area contributed by atoms with Gasteiger partial charge >= 0.3 is 0 Å². The van der Waals surface area contributed by atoms with E-state index in [-0.39, 0.29) is 0 Å². The molecule has 1 heterocycles. The molecule has 0 aliphatic heterocycles. The second-order valence-electron chi connectivity index (χ2n) is 5.72. The van der Waals surface area contributed by atoms with Gasteiger partial charge in [-0.25, -0.2) is 4.98 Å². The average Bonchev–Trinajstić information content (AvgIpc) is 3.08. The van der Waals surface area contributed by atoms with Gasteiger partial charge in [0.25, 0.3) is 0 Å². The van der Waals surface area contributed by atoms with E-state index < -0.39 is 0 Å². The summed E-state index contributed by atoms with van der Waals surface area (Å²) in [5.74, 6) is 1.56. The van der Waals surface area contributed by atoms with E-state index in [0.29, 0.717) is 11.5 Å². The van der Waals surface area contributed by atoms with Crippen molar-refractivity contribution in [3.05, 3.63) is 65.0 Å². The van der Waals surface area contributed by atoms with Gasteiger partial charge in [-0.3, -0.25) is 0 Å². The Bertz CT molecular complexity index is 858. The summed E-state index contributed by atoms with van der Waals surface area (Å²) in [5, 5.41) is 9.04. The lowest BCUT2D eigenvalue weighted by Gasteiger charge is -2.09. The van der Waals surface area contributed by atoms with Gasteiger partial charge in [-0.1, -0.05) is 24.3 Å². The van der Waals surface area contributed by atoms with Crippen molar-refractivity contribution < 1.29 is 0 Å². The van der Waals surface area contributed by atoms with Gasteiger partial charge in [0, 0.05) is 13.0 Å². The van der Waals surface area contributed by atoms with Gasteiger partial charge in [0.2, 0.25) is 0 Å². The molecule has 102 valence electrons. The predicted octanol–water partition coefficient (Wildman–Crippen LogP) is 3.33. The van der Waals surface area contributed by atoms with Gasteiger partial charge in [-0.05, 0) is 42.2 Å². The van der Waals surface area contributed by atoms with Gasteiger partial charge in [0.15, 0.2) is 0 Å². The molecule has 4 rings (SSSR count). The van der Waals surface area contributed by atoms with E-state index in [1.54, 1.807) is 0 Å². The Morgan fingerprint density at radius 3 is 2.52 bits per heavy atom. The van der Waals surface area contributed by atoms with Crippen LogP contribution >= 0.6 is 0 Å². The topological polar surface area (TPSA) is 41.6 Å². The largest absolute Gasteiger partial charge is 0.331 e. The molecule has 1 aliphatic carbocycles. The number of nitrogens with zero attached hydrogens (tertiary/aromatic N) is 3.